The van der Waals surface area contributed by atoms with Gasteiger partial charge < -0.3 is 15.1 Å². The van der Waals surface area contributed by atoms with E-state index in [1.54, 1.807) is 6.26 Å². The van der Waals surface area contributed by atoms with E-state index in [-0.39, 0.29) is 0 Å². The van der Waals surface area contributed by atoms with Gasteiger partial charge in [-0.3, -0.25) is 0 Å². The third-order valence-electron chi connectivity index (χ3n) is 2.40. The lowest BCUT2D eigenvalue weighted by atomic mass is 10.00. The van der Waals surface area contributed by atoms with E-state index in [9.17, 15) is 0 Å². The smallest absolute Gasteiger partial charge is 0.198 e. The number of furan rings is 1. The Bertz CT molecular complexity index is 455. The number of nitrogens with zero attached hydrogens (tertiary/aromatic N) is 1. The molecule has 0 aliphatic heterocycles. The fourth-order valence-corrected chi connectivity index (χ4v) is 1.82. The maximum absolute atomic E-state index is 5.59. The first-order valence-electron chi connectivity index (χ1n) is 4.25. The van der Waals surface area contributed by atoms with Gasteiger partial charge in [0.2, 0.25) is 0 Å². The van der Waals surface area contributed by atoms with Gasteiger partial charge in [0, 0.05) is 17.7 Å². The molecule has 0 saturated heterocycles. The van der Waals surface area contributed by atoms with Crippen LogP contribution in [0.3, 0.4) is 0 Å². The highest BCUT2D eigenvalue weighted by atomic mass is 16.3. The second kappa shape index (κ2) is 2.16. The summed E-state index contributed by atoms with van der Waals surface area (Å²) in [4.78, 5) is 7.28. The number of nitrogens with one attached hydrogen (secondary N) is 1. The van der Waals surface area contributed by atoms with E-state index in [0.717, 1.165) is 35.6 Å². The molecule has 0 spiro atoms. The molecule has 3 N–H and O–H groups in total. The fourth-order valence-electron chi connectivity index (χ4n) is 1.82. The Morgan fingerprint density at radius 3 is 3.31 bits per heavy atom. The summed E-state index contributed by atoms with van der Waals surface area (Å²) in [6.07, 6.45) is 3.56. The van der Waals surface area contributed by atoms with Crippen LogP contribution in [0.4, 0.5) is 5.95 Å². The Hall–Kier alpha value is -1.71. The van der Waals surface area contributed by atoms with Gasteiger partial charge in [-0.05, 0) is 12.5 Å². The van der Waals surface area contributed by atoms with E-state index in [0.29, 0.717) is 5.95 Å². The van der Waals surface area contributed by atoms with Gasteiger partial charge in [0.1, 0.15) is 5.76 Å². The molecule has 2 aromatic heterocycles. The molecule has 2 heterocycles. The van der Waals surface area contributed by atoms with Crippen molar-refractivity contribution in [2.45, 2.75) is 12.8 Å². The van der Waals surface area contributed by atoms with Crippen LogP contribution in [0.1, 0.15) is 11.5 Å². The van der Waals surface area contributed by atoms with E-state index in [1.807, 2.05) is 6.07 Å². The van der Waals surface area contributed by atoms with Crippen LogP contribution in [-0.2, 0) is 12.8 Å². The van der Waals surface area contributed by atoms with Gasteiger partial charge in [-0.2, -0.15) is 0 Å². The number of fused-ring (bicyclic) bond motifs is 3. The summed E-state index contributed by atoms with van der Waals surface area (Å²) in [6, 6.07) is 1.94. The molecule has 2 aromatic rings. The quantitative estimate of drug-likeness (QED) is 0.635. The van der Waals surface area contributed by atoms with E-state index in [4.69, 9.17) is 10.2 Å². The topological polar surface area (TPSA) is 67.8 Å². The number of nitrogens with two attached hydrogens (primary N) is 1. The summed E-state index contributed by atoms with van der Waals surface area (Å²) in [5, 5.41) is 0. The van der Waals surface area contributed by atoms with E-state index in [1.165, 1.54) is 0 Å². The van der Waals surface area contributed by atoms with Crippen LogP contribution in [-0.4, -0.2) is 9.97 Å². The summed E-state index contributed by atoms with van der Waals surface area (Å²) in [7, 11) is 0. The number of aromatic nitrogens is 2. The lowest BCUT2D eigenvalue weighted by molar-refractivity contribution is 0.506. The van der Waals surface area contributed by atoms with Crippen molar-refractivity contribution in [1.82, 2.24) is 9.97 Å². The molecule has 1 aliphatic rings. The van der Waals surface area contributed by atoms with Gasteiger partial charge in [-0.15, -0.1) is 0 Å². The van der Waals surface area contributed by atoms with Crippen molar-refractivity contribution in [2.24, 2.45) is 0 Å². The average molecular weight is 175 g/mol. The third-order valence-corrected chi connectivity index (χ3v) is 2.40. The van der Waals surface area contributed by atoms with Crippen LogP contribution in [0, 0.1) is 0 Å². The van der Waals surface area contributed by atoms with Gasteiger partial charge in [0.25, 0.3) is 0 Å². The van der Waals surface area contributed by atoms with E-state index >= 15 is 0 Å². The predicted molar refractivity (Wildman–Crippen MR) is 48.1 cm³/mol. The number of hydrogen-bond donors (Lipinski definition) is 2. The first kappa shape index (κ1) is 6.77. The first-order chi connectivity index (χ1) is 6.34. The van der Waals surface area contributed by atoms with Crippen LogP contribution < -0.4 is 5.73 Å². The first-order valence-corrected chi connectivity index (χ1v) is 4.25. The van der Waals surface area contributed by atoms with Crippen LogP contribution >= 0.6 is 0 Å². The lowest BCUT2D eigenvalue weighted by Gasteiger charge is -2.07. The zero-order chi connectivity index (χ0) is 8.84. The number of anilines is 1. The van der Waals surface area contributed by atoms with Crippen LogP contribution in [0.15, 0.2) is 16.7 Å². The standard InChI is InChI=1S/C9H9N3O/c10-9-11-6-1-2-7-5(3-4-13-7)8(6)12-9/h3-4H,1-2H2,(H3,10,11,12). The average Bonchev–Trinajstić information content (AvgIpc) is 2.65. The minimum atomic E-state index is 0.485. The number of aryl methyl sites for hydroxylation is 2. The molecule has 0 unspecified atom stereocenters. The molecule has 0 atom stereocenters. The summed E-state index contributed by atoms with van der Waals surface area (Å²) in [6.45, 7) is 0. The minimum Gasteiger partial charge on any atom is -0.469 e. The van der Waals surface area contributed by atoms with Crippen molar-refractivity contribution in [3.8, 4) is 11.3 Å². The van der Waals surface area contributed by atoms with Crippen molar-refractivity contribution in [3.05, 3.63) is 23.8 Å². The molecule has 0 bridgehead atoms. The third kappa shape index (κ3) is 0.824. The monoisotopic (exact) mass is 175 g/mol. The van der Waals surface area contributed by atoms with Gasteiger partial charge >= 0.3 is 0 Å². The maximum Gasteiger partial charge on any atom is 0.198 e. The molecular weight excluding hydrogens is 166 g/mol. The molecule has 0 aromatic carbocycles. The van der Waals surface area contributed by atoms with Gasteiger partial charge in [-0.1, -0.05) is 0 Å². The Balaban J connectivity index is 2.29. The Kier molecular flexibility index (Phi) is 1.12. The highest BCUT2D eigenvalue weighted by Gasteiger charge is 2.21. The number of imidazole rings is 1. The molecule has 0 fully saturated rings. The van der Waals surface area contributed by atoms with E-state index < -0.39 is 0 Å². The van der Waals surface area contributed by atoms with Crippen molar-refractivity contribution in [2.75, 3.05) is 5.73 Å². The molecule has 0 amide bonds. The number of hydrogen-bond acceptors (Lipinski definition) is 3. The maximum atomic E-state index is 5.59. The zero-order valence-electron chi connectivity index (χ0n) is 7.00. The summed E-state index contributed by atoms with van der Waals surface area (Å²) >= 11 is 0. The molecule has 66 valence electrons. The Labute approximate surface area is 74.8 Å². The van der Waals surface area contributed by atoms with Gasteiger partial charge in [0.05, 0.1) is 12.0 Å². The van der Waals surface area contributed by atoms with Gasteiger partial charge in [-0.25, -0.2) is 4.98 Å². The predicted octanol–water partition coefficient (Wildman–Crippen LogP) is 1.35. The molecule has 4 heteroatoms. The zero-order valence-corrected chi connectivity index (χ0v) is 7.00. The molecule has 1 aliphatic carbocycles. The van der Waals surface area contributed by atoms with Crippen molar-refractivity contribution in [1.29, 1.82) is 0 Å². The molecule has 3 rings (SSSR count). The number of H-pyrrole nitrogens is 1. The number of nitrogen functional groups attached to an aromatic ring is 1. The lowest BCUT2D eigenvalue weighted by Crippen LogP contribution is -2.00. The normalized spacial score (nSPS) is 13.8. The van der Waals surface area contributed by atoms with Crippen LogP contribution in [0.5, 0.6) is 0 Å². The van der Waals surface area contributed by atoms with E-state index in [2.05, 4.69) is 9.97 Å². The minimum absolute atomic E-state index is 0.485. The molecule has 4 nitrogen and oxygen atoms in total. The highest BCUT2D eigenvalue weighted by molar-refractivity contribution is 5.67. The number of aromatic amines is 1. The van der Waals surface area contributed by atoms with Crippen molar-refractivity contribution < 1.29 is 4.42 Å². The summed E-state index contributed by atoms with van der Waals surface area (Å²) in [5.41, 5.74) is 8.73. The summed E-state index contributed by atoms with van der Waals surface area (Å²) < 4.78 is 5.33. The Morgan fingerprint density at radius 1 is 1.46 bits per heavy atom. The second-order valence-corrected chi connectivity index (χ2v) is 3.21. The number of rotatable bonds is 0. The van der Waals surface area contributed by atoms with Gasteiger partial charge in [0.15, 0.2) is 5.95 Å². The Morgan fingerprint density at radius 2 is 2.38 bits per heavy atom. The highest BCUT2D eigenvalue weighted by Crippen LogP contribution is 2.32. The van der Waals surface area contributed by atoms with Crippen molar-refractivity contribution in [3.63, 3.8) is 0 Å². The molecular formula is C9H9N3O. The summed E-state index contributed by atoms with van der Waals surface area (Å²) in [5.74, 6) is 1.50. The van der Waals surface area contributed by atoms with Crippen LogP contribution in [0.25, 0.3) is 11.3 Å². The second-order valence-electron chi connectivity index (χ2n) is 3.21. The SMILES string of the molecule is Nc1nc2c([nH]1)CCc1occc1-2. The molecule has 0 saturated carbocycles. The molecule has 13 heavy (non-hydrogen) atoms. The largest absolute Gasteiger partial charge is 0.469 e. The van der Waals surface area contributed by atoms with Crippen LogP contribution in [0.2, 0.25) is 0 Å². The van der Waals surface area contributed by atoms with Crippen molar-refractivity contribution >= 4 is 5.95 Å². The molecule has 0 radical (unpaired) electrons. The fraction of sp³-hybridized carbons (Fsp3) is 0.222.